The fraction of sp³-hybridized carbons (Fsp3) is 0.829. The Kier molecular flexibility index (Phi) is 22.0. The molecule has 52 heavy (non-hydrogen) atoms. The SMILES string of the molecule is CCCCCCC(=O)N[C@H](CSC[C@@H](COC(=O)CCCCCC)OC(=O)CCCCCC)C(=O)Nc1cn(C2[C@H](O)[C@H](O)C(O)[C@H](O)[C@H]2O)nn1. The number of hydrogen-bond acceptors (Lipinski definition) is 14. The third-order valence-corrected chi connectivity index (χ3v) is 10.0. The monoisotopic (exact) mass is 759 g/mol. The van der Waals surface area contributed by atoms with Crippen molar-refractivity contribution in [1.82, 2.24) is 20.3 Å². The molecule has 2 unspecified atom stereocenters. The number of aliphatic hydroxyl groups excluding tert-OH is 5. The Labute approximate surface area is 310 Å². The summed E-state index contributed by atoms with van der Waals surface area (Å²) in [7, 11) is 0. The van der Waals surface area contributed by atoms with Crippen molar-refractivity contribution < 1.29 is 54.2 Å². The van der Waals surface area contributed by atoms with E-state index in [1.807, 2.05) is 0 Å². The number of carbonyl (C=O) groups excluding carboxylic acids is 4. The fourth-order valence-electron chi connectivity index (χ4n) is 5.71. The van der Waals surface area contributed by atoms with Crippen LogP contribution in [-0.2, 0) is 28.7 Å². The summed E-state index contributed by atoms with van der Waals surface area (Å²) in [4.78, 5) is 51.4. The van der Waals surface area contributed by atoms with Gasteiger partial charge in [-0.2, -0.15) is 11.8 Å². The van der Waals surface area contributed by atoms with Crippen LogP contribution in [0.15, 0.2) is 6.20 Å². The van der Waals surface area contributed by atoms with Crippen molar-refractivity contribution in [3.8, 4) is 0 Å². The average Bonchev–Trinajstić information content (AvgIpc) is 3.58. The van der Waals surface area contributed by atoms with E-state index in [2.05, 4.69) is 41.7 Å². The molecule has 1 aromatic heterocycles. The zero-order valence-corrected chi connectivity index (χ0v) is 31.7. The predicted molar refractivity (Wildman–Crippen MR) is 194 cm³/mol. The molecule has 1 aliphatic rings. The Bertz CT molecular complexity index is 1190. The van der Waals surface area contributed by atoms with Gasteiger partial charge >= 0.3 is 11.9 Å². The van der Waals surface area contributed by atoms with Crippen molar-refractivity contribution in [1.29, 1.82) is 0 Å². The van der Waals surface area contributed by atoms with E-state index in [4.69, 9.17) is 9.47 Å². The number of nitrogens with one attached hydrogen (secondary N) is 2. The number of carbonyl (C=O) groups is 4. The van der Waals surface area contributed by atoms with E-state index in [-0.39, 0.29) is 55.1 Å². The standard InChI is InChI=1S/C35H61N5O11S/c1-4-7-10-13-16-26(41)36-24(35(49)37-25-19-40(39-38-25)29-30(44)32(46)34(48)33(47)31(29)45)22-52-21-23(51-28(43)18-15-12-9-6-3)20-50-27(42)17-14-11-8-5-2/h19,23-24,29-34,44-48H,4-18,20-22H2,1-3H3,(H,36,41)(H,37,49)/t23-,24-,29?,30+,31+,32-,33+,34?/m1/s1. The van der Waals surface area contributed by atoms with Crippen LogP contribution in [0.4, 0.5) is 5.82 Å². The van der Waals surface area contributed by atoms with Crippen LogP contribution in [0.25, 0.3) is 0 Å². The van der Waals surface area contributed by atoms with Crippen molar-refractivity contribution in [3.63, 3.8) is 0 Å². The molecule has 0 bridgehead atoms. The molecule has 7 N–H and O–H groups in total. The third kappa shape index (κ3) is 16.0. The van der Waals surface area contributed by atoms with Crippen LogP contribution < -0.4 is 10.6 Å². The van der Waals surface area contributed by atoms with E-state index in [1.165, 1.54) is 18.0 Å². The quantitative estimate of drug-likeness (QED) is 0.0529. The van der Waals surface area contributed by atoms with E-state index in [1.54, 1.807) is 0 Å². The normalized spacial score (nSPS) is 22.7. The number of thioether (sulfide) groups is 1. The summed E-state index contributed by atoms with van der Waals surface area (Å²) < 4.78 is 12.1. The number of unbranched alkanes of at least 4 members (excludes halogenated alkanes) is 9. The molecule has 1 saturated carbocycles. The Morgan fingerprint density at radius 1 is 0.750 bits per heavy atom. The first kappa shape index (κ1) is 45.3. The lowest BCUT2D eigenvalue weighted by molar-refractivity contribution is -0.200. The number of amides is 2. The molecular formula is C35H61N5O11S. The first-order valence-electron chi connectivity index (χ1n) is 18.8. The fourth-order valence-corrected chi connectivity index (χ4v) is 6.74. The molecular weight excluding hydrogens is 698 g/mol. The van der Waals surface area contributed by atoms with Crippen molar-refractivity contribution in [2.75, 3.05) is 23.4 Å². The maximum Gasteiger partial charge on any atom is 0.306 e. The van der Waals surface area contributed by atoms with Gasteiger partial charge in [0.2, 0.25) is 11.8 Å². The van der Waals surface area contributed by atoms with Gasteiger partial charge in [-0.15, -0.1) is 5.10 Å². The highest BCUT2D eigenvalue weighted by Gasteiger charge is 2.49. The van der Waals surface area contributed by atoms with Crippen LogP contribution in [-0.4, -0.2) is 125 Å². The van der Waals surface area contributed by atoms with Gasteiger partial charge in [0.05, 0.1) is 6.20 Å². The third-order valence-electron chi connectivity index (χ3n) is 8.86. The molecule has 2 rings (SSSR count). The van der Waals surface area contributed by atoms with Gasteiger partial charge in [-0.05, 0) is 19.3 Å². The number of anilines is 1. The van der Waals surface area contributed by atoms with Crippen LogP contribution in [0.3, 0.4) is 0 Å². The van der Waals surface area contributed by atoms with Crippen LogP contribution in [0.5, 0.6) is 0 Å². The minimum Gasteiger partial charge on any atom is -0.462 e. The van der Waals surface area contributed by atoms with Gasteiger partial charge in [-0.25, -0.2) is 4.68 Å². The Morgan fingerprint density at radius 2 is 1.29 bits per heavy atom. The Hall–Kier alpha value is -2.83. The number of nitrogens with zero attached hydrogens (tertiary/aromatic N) is 3. The smallest absolute Gasteiger partial charge is 0.306 e. The second kappa shape index (κ2) is 25.2. The minimum atomic E-state index is -1.79. The van der Waals surface area contributed by atoms with Crippen LogP contribution in [0.2, 0.25) is 0 Å². The number of esters is 2. The van der Waals surface area contributed by atoms with Gasteiger partial charge in [0.25, 0.3) is 0 Å². The van der Waals surface area contributed by atoms with E-state index in [9.17, 15) is 44.7 Å². The molecule has 1 fully saturated rings. The molecule has 1 aromatic rings. The molecule has 2 amide bonds. The lowest BCUT2D eigenvalue weighted by atomic mass is 9.83. The topological polar surface area (TPSA) is 243 Å². The van der Waals surface area contributed by atoms with Gasteiger partial charge in [-0.1, -0.05) is 83.8 Å². The lowest BCUT2D eigenvalue weighted by Crippen LogP contribution is -2.61. The number of ether oxygens (including phenoxy) is 2. The average molecular weight is 760 g/mol. The maximum absolute atomic E-state index is 13.5. The van der Waals surface area contributed by atoms with Crippen LogP contribution in [0.1, 0.15) is 123 Å². The molecule has 1 heterocycles. The Balaban J connectivity index is 2.11. The summed E-state index contributed by atoms with van der Waals surface area (Å²) in [6.07, 6.45) is 3.13. The van der Waals surface area contributed by atoms with E-state index >= 15 is 0 Å². The summed E-state index contributed by atoms with van der Waals surface area (Å²) in [5, 5.41) is 64.0. The van der Waals surface area contributed by atoms with Gasteiger partial charge in [0, 0.05) is 30.8 Å². The molecule has 0 saturated heterocycles. The predicted octanol–water partition coefficient (Wildman–Crippen LogP) is 2.16. The molecule has 17 heteroatoms. The summed E-state index contributed by atoms with van der Waals surface area (Å²) >= 11 is 1.23. The van der Waals surface area contributed by atoms with Gasteiger partial charge in [-0.3, -0.25) is 19.2 Å². The molecule has 0 spiro atoms. The summed E-state index contributed by atoms with van der Waals surface area (Å²) in [5.41, 5.74) is 0. The molecule has 1 aliphatic carbocycles. The second-order valence-corrected chi connectivity index (χ2v) is 14.5. The highest BCUT2D eigenvalue weighted by Crippen LogP contribution is 2.30. The van der Waals surface area contributed by atoms with E-state index in [0.29, 0.717) is 19.3 Å². The summed E-state index contributed by atoms with van der Waals surface area (Å²) in [5.74, 6) is -1.61. The largest absolute Gasteiger partial charge is 0.462 e. The van der Waals surface area contributed by atoms with Crippen molar-refractivity contribution in [2.24, 2.45) is 0 Å². The first-order valence-corrected chi connectivity index (χ1v) is 19.9. The summed E-state index contributed by atoms with van der Waals surface area (Å²) in [6.45, 7) is 6.08. The molecule has 0 aromatic carbocycles. The second-order valence-electron chi connectivity index (χ2n) is 13.4. The van der Waals surface area contributed by atoms with Crippen LogP contribution in [0, 0.1) is 0 Å². The lowest BCUT2D eigenvalue weighted by Gasteiger charge is -2.41. The highest BCUT2D eigenvalue weighted by molar-refractivity contribution is 7.99. The zero-order chi connectivity index (χ0) is 38.5. The molecule has 298 valence electrons. The van der Waals surface area contributed by atoms with Crippen LogP contribution >= 0.6 is 11.8 Å². The van der Waals surface area contributed by atoms with Crippen molar-refractivity contribution in [3.05, 3.63) is 6.20 Å². The minimum absolute atomic E-state index is 0.0620. The summed E-state index contributed by atoms with van der Waals surface area (Å²) in [6, 6.07) is -2.46. The van der Waals surface area contributed by atoms with E-state index in [0.717, 1.165) is 62.5 Å². The number of rotatable bonds is 26. The van der Waals surface area contributed by atoms with Gasteiger partial charge in [0.15, 0.2) is 5.82 Å². The first-order chi connectivity index (χ1) is 24.9. The Morgan fingerprint density at radius 3 is 1.87 bits per heavy atom. The number of aromatic nitrogens is 3. The highest BCUT2D eigenvalue weighted by atomic mass is 32.2. The molecule has 0 aliphatic heterocycles. The molecule has 0 radical (unpaired) electrons. The zero-order valence-electron chi connectivity index (χ0n) is 30.9. The maximum atomic E-state index is 13.5. The van der Waals surface area contributed by atoms with Gasteiger partial charge < -0.3 is 45.6 Å². The van der Waals surface area contributed by atoms with E-state index < -0.39 is 60.6 Å². The number of hydrogen-bond donors (Lipinski definition) is 7. The van der Waals surface area contributed by atoms with Gasteiger partial charge in [0.1, 0.15) is 55.3 Å². The molecule has 8 atom stereocenters. The van der Waals surface area contributed by atoms with Crippen molar-refractivity contribution in [2.45, 2.75) is 166 Å². The van der Waals surface area contributed by atoms with Crippen molar-refractivity contribution >= 4 is 41.3 Å². The molecule has 16 nitrogen and oxygen atoms in total. The number of aliphatic hydroxyl groups is 5.